The van der Waals surface area contributed by atoms with Crippen molar-refractivity contribution in [3.05, 3.63) is 36.8 Å². The van der Waals surface area contributed by atoms with Crippen molar-refractivity contribution in [2.75, 3.05) is 7.11 Å². The molecule has 0 radical (unpaired) electrons. The molecule has 5 heteroatoms. The Morgan fingerprint density at radius 1 is 1.24 bits per heavy atom. The fourth-order valence-electron chi connectivity index (χ4n) is 1.64. The number of nitrogens with zero attached hydrogens (tertiary/aromatic N) is 3. The Bertz CT molecular complexity index is 662. The van der Waals surface area contributed by atoms with Crippen LogP contribution in [0.25, 0.3) is 22.4 Å². The molecule has 0 spiro atoms. The summed E-state index contributed by atoms with van der Waals surface area (Å²) in [6, 6.07) is 5.60. The summed E-state index contributed by atoms with van der Waals surface area (Å²) in [5, 5.41) is 0.995. The molecule has 0 atom stereocenters. The first-order valence-electron chi connectivity index (χ1n) is 5.17. The lowest BCUT2D eigenvalue weighted by Crippen LogP contribution is -1.92. The van der Waals surface area contributed by atoms with Crippen LogP contribution in [0, 0.1) is 0 Å². The molecule has 0 amide bonds. The Labute approximate surface area is 97.5 Å². The second-order valence-electron chi connectivity index (χ2n) is 3.56. The number of fused-ring (bicyclic) bond motifs is 1. The number of aromatic amines is 1. The summed E-state index contributed by atoms with van der Waals surface area (Å²) >= 11 is 0. The van der Waals surface area contributed by atoms with E-state index in [1.54, 1.807) is 19.5 Å². The molecular formula is C12H10N4O. The predicted octanol–water partition coefficient (Wildman–Crippen LogP) is 2.03. The van der Waals surface area contributed by atoms with Crippen molar-refractivity contribution in [1.82, 2.24) is 19.9 Å². The highest BCUT2D eigenvalue weighted by Crippen LogP contribution is 2.20. The summed E-state index contributed by atoms with van der Waals surface area (Å²) in [5.74, 6) is 1.21. The summed E-state index contributed by atoms with van der Waals surface area (Å²) in [7, 11) is 1.58. The quantitative estimate of drug-likeness (QED) is 0.726. The Morgan fingerprint density at radius 2 is 2.18 bits per heavy atom. The predicted molar refractivity (Wildman–Crippen MR) is 63.7 cm³/mol. The Morgan fingerprint density at radius 3 is 3.06 bits per heavy atom. The van der Waals surface area contributed by atoms with Crippen LogP contribution in [0.1, 0.15) is 0 Å². The minimum absolute atomic E-state index is 0.553. The van der Waals surface area contributed by atoms with Crippen LogP contribution in [0.15, 0.2) is 36.8 Å². The lowest BCUT2D eigenvalue weighted by atomic mass is 10.2. The molecule has 3 aromatic rings. The van der Waals surface area contributed by atoms with Crippen molar-refractivity contribution in [2.24, 2.45) is 0 Å². The van der Waals surface area contributed by atoms with Gasteiger partial charge in [0.05, 0.1) is 7.11 Å². The molecule has 0 unspecified atom stereocenters. The van der Waals surface area contributed by atoms with Crippen molar-refractivity contribution in [1.29, 1.82) is 0 Å². The lowest BCUT2D eigenvalue weighted by molar-refractivity contribution is 0.398. The third kappa shape index (κ3) is 1.71. The van der Waals surface area contributed by atoms with E-state index >= 15 is 0 Å². The SMILES string of the molecule is COc1cc(-c2ncc3cc[nH]c3n2)ccn1. The van der Waals surface area contributed by atoms with Crippen molar-refractivity contribution in [2.45, 2.75) is 0 Å². The third-order valence-electron chi connectivity index (χ3n) is 2.50. The minimum atomic E-state index is 0.553. The number of pyridine rings is 1. The fraction of sp³-hybridized carbons (Fsp3) is 0.0833. The number of methoxy groups -OCH3 is 1. The summed E-state index contributed by atoms with van der Waals surface area (Å²) in [6.07, 6.45) is 5.31. The highest BCUT2D eigenvalue weighted by Gasteiger charge is 2.05. The Kier molecular flexibility index (Phi) is 2.22. The zero-order chi connectivity index (χ0) is 11.7. The number of H-pyrrole nitrogens is 1. The molecule has 5 nitrogen and oxygen atoms in total. The topological polar surface area (TPSA) is 63.7 Å². The largest absolute Gasteiger partial charge is 0.481 e. The molecule has 0 aliphatic carbocycles. The lowest BCUT2D eigenvalue weighted by Gasteiger charge is -2.02. The Hall–Kier alpha value is -2.43. The first kappa shape index (κ1) is 9.77. The van der Waals surface area contributed by atoms with Gasteiger partial charge >= 0.3 is 0 Å². The average Bonchev–Trinajstić information content (AvgIpc) is 2.86. The summed E-state index contributed by atoms with van der Waals surface area (Å²) < 4.78 is 5.07. The van der Waals surface area contributed by atoms with Gasteiger partial charge in [-0.3, -0.25) is 0 Å². The smallest absolute Gasteiger partial charge is 0.213 e. The standard InChI is InChI=1S/C12H10N4O/c1-17-10-6-8(2-4-13-10)11-15-7-9-3-5-14-12(9)16-11/h2-7H,1H3,(H,14,15,16). The maximum Gasteiger partial charge on any atom is 0.213 e. The molecule has 1 N–H and O–H groups in total. The van der Waals surface area contributed by atoms with Gasteiger partial charge in [-0.25, -0.2) is 15.0 Å². The Balaban J connectivity index is 2.12. The highest BCUT2D eigenvalue weighted by molar-refractivity contribution is 5.76. The number of hydrogen-bond donors (Lipinski definition) is 1. The van der Waals surface area contributed by atoms with E-state index in [-0.39, 0.29) is 0 Å². The van der Waals surface area contributed by atoms with Gasteiger partial charge in [0.1, 0.15) is 5.65 Å². The summed E-state index contributed by atoms with van der Waals surface area (Å²) in [6.45, 7) is 0. The summed E-state index contributed by atoms with van der Waals surface area (Å²) in [4.78, 5) is 15.9. The second-order valence-corrected chi connectivity index (χ2v) is 3.56. The van der Waals surface area contributed by atoms with E-state index in [1.807, 2.05) is 24.4 Å². The van der Waals surface area contributed by atoms with Gasteiger partial charge in [-0.2, -0.15) is 0 Å². The van der Waals surface area contributed by atoms with E-state index in [4.69, 9.17) is 4.74 Å². The van der Waals surface area contributed by atoms with Crippen LogP contribution in [0.4, 0.5) is 0 Å². The van der Waals surface area contributed by atoms with Crippen molar-refractivity contribution in [3.8, 4) is 17.3 Å². The zero-order valence-corrected chi connectivity index (χ0v) is 9.21. The molecule has 3 rings (SSSR count). The number of aromatic nitrogens is 4. The fourth-order valence-corrected chi connectivity index (χ4v) is 1.64. The van der Waals surface area contributed by atoms with Gasteiger partial charge in [0.2, 0.25) is 5.88 Å². The van der Waals surface area contributed by atoms with E-state index in [0.29, 0.717) is 11.7 Å². The average molecular weight is 226 g/mol. The summed E-state index contributed by atoms with van der Waals surface area (Å²) in [5.41, 5.74) is 1.71. The van der Waals surface area contributed by atoms with E-state index in [1.165, 1.54) is 0 Å². The van der Waals surface area contributed by atoms with E-state index in [9.17, 15) is 0 Å². The van der Waals surface area contributed by atoms with E-state index in [0.717, 1.165) is 16.6 Å². The van der Waals surface area contributed by atoms with Crippen LogP contribution in [0.3, 0.4) is 0 Å². The maximum atomic E-state index is 5.07. The molecule has 3 heterocycles. The number of hydrogen-bond acceptors (Lipinski definition) is 4. The molecule has 84 valence electrons. The normalized spacial score (nSPS) is 10.6. The molecule has 0 saturated carbocycles. The van der Waals surface area contributed by atoms with Crippen LogP contribution in [0.2, 0.25) is 0 Å². The van der Waals surface area contributed by atoms with Gasteiger partial charge in [-0.1, -0.05) is 0 Å². The zero-order valence-electron chi connectivity index (χ0n) is 9.21. The van der Waals surface area contributed by atoms with Gasteiger partial charge in [-0.15, -0.1) is 0 Å². The van der Waals surface area contributed by atoms with Crippen LogP contribution in [-0.2, 0) is 0 Å². The molecule has 0 aliphatic rings. The van der Waals surface area contributed by atoms with Gasteiger partial charge in [0.25, 0.3) is 0 Å². The number of nitrogens with one attached hydrogen (secondary N) is 1. The molecular weight excluding hydrogens is 216 g/mol. The van der Waals surface area contributed by atoms with E-state index < -0.39 is 0 Å². The second kappa shape index (κ2) is 3.86. The first-order chi connectivity index (χ1) is 8.36. The molecule has 0 bridgehead atoms. The molecule has 0 aliphatic heterocycles. The maximum absolute atomic E-state index is 5.07. The van der Waals surface area contributed by atoms with Gasteiger partial charge in [-0.05, 0) is 12.1 Å². The molecule has 0 fully saturated rings. The van der Waals surface area contributed by atoms with Crippen LogP contribution < -0.4 is 4.74 Å². The van der Waals surface area contributed by atoms with Crippen LogP contribution >= 0.6 is 0 Å². The molecule has 3 aromatic heterocycles. The van der Waals surface area contributed by atoms with Crippen molar-refractivity contribution in [3.63, 3.8) is 0 Å². The van der Waals surface area contributed by atoms with Crippen LogP contribution in [0.5, 0.6) is 5.88 Å². The van der Waals surface area contributed by atoms with Gasteiger partial charge in [0, 0.05) is 35.6 Å². The molecule has 0 aromatic carbocycles. The third-order valence-corrected chi connectivity index (χ3v) is 2.50. The van der Waals surface area contributed by atoms with Gasteiger partial charge in [0.15, 0.2) is 5.82 Å². The van der Waals surface area contributed by atoms with Crippen molar-refractivity contribution < 1.29 is 4.74 Å². The minimum Gasteiger partial charge on any atom is -0.481 e. The first-order valence-corrected chi connectivity index (χ1v) is 5.17. The van der Waals surface area contributed by atoms with E-state index in [2.05, 4.69) is 19.9 Å². The molecule has 0 saturated heterocycles. The number of rotatable bonds is 2. The number of ether oxygens (including phenoxy) is 1. The van der Waals surface area contributed by atoms with Crippen LogP contribution in [-0.4, -0.2) is 27.0 Å². The highest BCUT2D eigenvalue weighted by atomic mass is 16.5. The van der Waals surface area contributed by atoms with Gasteiger partial charge < -0.3 is 9.72 Å². The molecule has 17 heavy (non-hydrogen) atoms. The monoisotopic (exact) mass is 226 g/mol. The van der Waals surface area contributed by atoms with Crippen molar-refractivity contribution >= 4 is 11.0 Å².